The number of hydrogen-bond acceptors (Lipinski definition) is 4. The van der Waals surface area contributed by atoms with Crippen LogP contribution in [0, 0.1) is 0 Å². The Labute approximate surface area is 163 Å². The molecule has 0 unspecified atom stereocenters. The number of rotatable bonds is 4. The molecule has 1 aliphatic rings. The fraction of sp³-hybridized carbons (Fsp3) is 0.130. The fourth-order valence-corrected chi connectivity index (χ4v) is 3.87. The van der Waals surface area contributed by atoms with Crippen LogP contribution in [-0.2, 0) is 6.42 Å². The zero-order chi connectivity index (χ0) is 18.5. The van der Waals surface area contributed by atoms with Crippen molar-refractivity contribution >= 4 is 28.4 Å². The first-order valence-electron chi connectivity index (χ1n) is 9.00. The van der Waals surface area contributed by atoms with Gasteiger partial charge in [0.15, 0.2) is 11.0 Å². The van der Waals surface area contributed by atoms with Crippen molar-refractivity contribution in [1.82, 2.24) is 0 Å². The molecule has 0 saturated heterocycles. The molecular formula is C23H20N2OS. The number of nitrogens with one attached hydrogen (secondary N) is 1. The number of nitrogens with zero attached hydrogens (tertiary/aromatic N) is 1. The minimum Gasteiger partial charge on any atom is -0.335 e. The largest absolute Gasteiger partial charge is 0.335 e. The van der Waals surface area contributed by atoms with Crippen LogP contribution in [0.4, 0.5) is 5.69 Å². The third kappa shape index (κ3) is 4.29. The van der Waals surface area contributed by atoms with Crippen molar-refractivity contribution in [3.05, 3.63) is 90.0 Å². The molecule has 134 valence electrons. The summed E-state index contributed by atoms with van der Waals surface area (Å²) in [7, 11) is 0. The molecule has 3 aromatic carbocycles. The van der Waals surface area contributed by atoms with Gasteiger partial charge in [-0.15, -0.1) is 0 Å². The van der Waals surface area contributed by atoms with Crippen LogP contribution < -0.4 is 5.32 Å². The van der Waals surface area contributed by atoms with E-state index in [-0.39, 0.29) is 5.78 Å². The SMILES string of the molecule is O=C(CSC1=NCCc2ccccc2N1)c1ccc(-c2ccccc2)cc1. The number of aliphatic imine (C=N–C) groups is 1. The molecule has 0 atom stereocenters. The van der Waals surface area contributed by atoms with E-state index in [9.17, 15) is 4.79 Å². The van der Waals surface area contributed by atoms with E-state index in [4.69, 9.17) is 0 Å². The highest BCUT2D eigenvalue weighted by molar-refractivity contribution is 8.14. The number of carbonyl (C=O) groups excluding carboxylic acids is 1. The van der Waals surface area contributed by atoms with Crippen LogP contribution in [0.25, 0.3) is 11.1 Å². The third-order valence-corrected chi connectivity index (χ3v) is 5.46. The normalized spacial score (nSPS) is 13.1. The third-order valence-electron chi connectivity index (χ3n) is 4.55. The highest BCUT2D eigenvalue weighted by Gasteiger charge is 2.13. The molecule has 27 heavy (non-hydrogen) atoms. The maximum absolute atomic E-state index is 12.6. The zero-order valence-electron chi connectivity index (χ0n) is 14.9. The lowest BCUT2D eigenvalue weighted by molar-refractivity contribution is 0.102. The Bertz CT molecular complexity index is 965. The maximum atomic E-state index is 12.6. The Hall–Kier alpha value is -2.85. The summed E-state index contributed by atoms with van der Waals surface area (Å²) < 4.78 is 0. The number of para-hydroxylation sites is 1. The number of carbonyl (C=O) groups is 1. The number of thioether (sulfide) groups is 1. The van der Waals surface area contributed by atoms with Gasteiger partial charge in [0.05, 0.1) is 5.75 Å². The van der Waals surface area contributed by atoms with E-state index in [1.165, 1.54) is 17.3 Å². The smallest absolute Gasteiger partial charge is 0.173 e. The molecule has 1 heterocycles. The van der Waals surface area contributed by atoms with Gasteiger partial charge in [0.25, 0.3) is 0 Å². The van der Waals surface area contributed by atoms with Crippen molar-refractivity contribution < 1.29 is 4.79 Å². The van der Waals surface area contributed by atoms with Crippen LogP contribution in [0.3, 0.4) is 0 Å². The predicted molar refractivity (Wildman–Crippen MR) is 115 cm³/mol. The lowest BCUT2D eigenvalue weighted by Crippen LogP contribution is -2.12. The van der Waals surface area contributed by atoms with Gasteiger partial charge in [0.1, 0.15) is 0 Å². The molecule has 0 bridgehead atoms. The summed E-state index contributed by atoms with van der Waals surface area (Å²) in [4.78, 5) is 17.1. The monoisotopic (exact) mass is 372 g/mol. The Kier molecular flexibility index (Phi) is 5.35. The van der Waals surface area contributed by atoms with Gasteiger partial charge in [-0.3, -0.25) is 9.79 Å². The second kappa shape index (κ2) is 8.23. The molecular weight excluding hydrogens is 352 g/mol. The van der Waals surface area contributed by atoms with Gasteiger partial charge in [-0.2, -0.15) is 0 Å². The number of hydrogen-bond donors (Lipinski definition) is 1. The minimum atomic E-state index is 0.113. The lowest BCUT2D eigenvalue weighted by Gasteiger charge is -2.09. The average Bonchev–Trinajstić information content (AvgIpc) is 2.95. The van der Waals surface area contributed by atoms with Gasteiger partial charge in [-0.05, 0) is 29.2 Å². The highest BCUT2D eigenvalue weighted by atomic mass is 32.2. The number of benzene rings is 3. The molecule has 0 spiro atoms. The summed E-state index contributed by atoms with van der Waals surface area (Å²) in [5.74, 6) is 0.486. The summed E-state index contributed by atoms with van der Waals surface area (Å²) in [5, 5.41) is 4.17. The molecule has 4 rings (SSSR count). The van der Waals surface area contributed by atoms with E-state index in [0.717, 1.165) is 40.5 Å². The molecule has 4 heteroatoms. The molecule has 0 aliphatic carbocycles. The molecule has 0 aromatic heterocycles. The van der Waals surface area contributed by atoms with E-state index in [0.29, 0.717) is 5.75 Å². The first-order chi connectivity index (χ1) is 13.3. The first-order valence-corrected chi connectivity index (χ1v) is 9.99. The van der Waals surface area contributed by atoms with Crippen molar-refractivity contribution in [3.63, 3.8) is 0 Å². The standard InChI is InChI=1S/C23H20N2OS/c26-22(20-12-10-18(11-13-20)17-6-2-1-3-7-17)16-27-23-24-15-14-19-8-4-5-9-21(19)25-23/h1-13H,14-16H2,(H,24,25). The van der Waals surface area contributed by atoms with Gasteiger partial charge in [-0.1, -0.05) is 84.6 Å². The van der Waals surface area contributed by atoms with Crippen LogP contribution in [0.1, 0.15) is 15.9 Å². The summed E-state index contributed by atoms with van der Waals surface area (Å²) in [5.41, 5.74) is 5.35. The van der Waals surface area contributed by atoms with Crippen LogP contribution >= 0.6 is 11.8 Å². The zero-order valence-corrected chi connectivity index (χ0v) is 15.7. The second-order valence-electron chi connectivity index (χ2n) is 6.37. The fourth-order valence-electron chi connectivity index (χ4n) is 3.07. The number of fused-ring (bicyclic) bond motifs is 1. The van der Waals surface area contributed by atoms with Crippen LogP contribution in [-0.4, -0.2) is 23.2 Å². The topological polar surface area (TPSA) is 41.5 Å². The molecule has 3 nitrogen and oxygen atoms in total. The highest BCUT2D eigenvalue weighted by Crippen LogP contribution is 2.23. The predicted octanol–water partition coefficient (Wildman–Crippen LogP) is 5.29. The molecule has 1 N–H and O–H groups in total. The van der Waals surface area contributed by atoms with Crippen molar-refractivity contribution in [2.75, 3.05) is 17.6 Å². The Morgan fingerprint density at radius 3 is 2.41 bits per heavy atom. The van der Waals surface area contributed by atoms with Crippen molar-refractivity contribution in [3.8, 4) is 11.1 Å². The molecule has 3 aromatic rings. The molecule has 0 fully saturated rings. The molecule has 0 amide bonds. The van der Waals surface area contributed by atoms with E-state index < -0.39 is 0 Å². The Morgan fingerprint density at radius 2 is 1.59 bits per heavy atom. The summed E-state index contributed by atoms with van der Waals surface area (Å²) in [6, 6.07) is 26.2. The average molecular weight is 372 g/mol. The van der Waals surface area contributed by atoms with Gasteiger partial charge >= 0.3 is 0 Å². The quantitative estimate of drug-likeness (QED) is 0.632. The summed E-state index contributed by atoms with van der Waals surface area (Å²) >= 11 is 1.47. The molecule has 1 aliphatic heterocycles. The van der Waals surface area contributed by atoms with Gasteiger partial charge in [-0.25, -0.2) is 0 Å². The Morgan fingerprint density at radius 1 is 0.889 bits per heavy atom. The van der Waals surface area contributed by atoms with E-state index in [1.54, 1.807) is 0 Å². The first kappa shape index (κ1) is 17.6. The van der Waals surface area contributed by atoms with E-state index >= 15 is 0 Å². The van der Waals surface area contributed by atoms with Gasteiger partial charge in [0.2, 0.25) is 0 Å². The lowest BCUT2D eigenvalue weighted by atomic mass is 10.0. The van der Waals surface area contributed by atoms with Crippen molar-refractivity contribution in [1.29, 1.82) is 0 Å². The van der Waals surface area contributed by atoms with Crippen molar-refractivity contribution in [2.45, 2.75) is 6.42 Å². The number of anilines is 1. The van der Waals surface area contributed by atoms with Gasteiger partial charge in [0, 0.05) is 17.8 Å². The van der Waals surface area contributed by atoms with E-state index in [1.807, 2.05) is 54.6 Å². The van der Waals surface area contributed by atoms with Crippen LogP contribution in [0.15, 0.2) is 83.9 Å². The summed E-state index contributed by atoms with van der Waals surface area (Å²) in [6.07, 6.45) is 0.919. The molecule has 0 saturated carbocycles. The van der Waals surface area contributed by atoms with Gasteiger partial charge < -0.3 is 5.32 Å². The second-order valence-corrected chi connectivity index (χ2v) is 7.34. The number of ketones is 1. The van der Waals surface area contributed by atoms with E-state index in [2.05, 4.69) is 34.6 Å². The molecule has 0 radical (unpaired) electrons. The number of amidine groups is 1. The minimum absolute atomic E-state index is 0.113. The van der Waals surface area contributed by atoms with Crippen molar-refractivity contribution in [2.24, 2.45) is 4.99 Å². The van der Waals surface area contributed by atoms with Crippen LogP contribution in [0.2, 0.25) is 0 Å². The number of Topliss-reactive ketones (excluding diaryl/α,β-unsaturated/α-hetero) is 1. The Balaban J connectivity index is 1.39. The maximum Gasteiger partial charge on any atom is 0.173 e. The van der Waals surface area contributed by atoms with Crippen LogP contribution in [0.5, 0.6) is 0 Å². The summed E-state index contributed by atoms with van der Waals surface area (Å²) in [6.45, 7) is 0.742.